The number of ether oxygens (including phenoxy) is 3. The Bertz CT molecular complexity index is 928. The molecule has 0 saturated carbocycles. The van der Waals surface area contributed by atoms with Crippen LogP contribution in [0.1, 0.15) is 37.8 Å². The topological polar surface area (TPSA) is 65.1 Å². The minimum absolute atomic E-state index is 0.00482. The molecule has 2 rings (SSSR count). The zero-order chi connectivity index (χ0) is 23.7. The molecular weight excluding hydrogens is 426 g/mol. The van der Waals surface area contributed by atoms with Gasteiger partial charge in [-0.1, -0.05) is 38.1 Å². The fourth-order valence-electron chi connectivity index (χ4n) is 3.51. The molecule has 1 aromatic rings. The van der Waals surface area contributed by atoms with Gasteiger partial charge in [-0.2, -0.15) is 0 Å². The van der Waals surface area contributed by atoms with Crippen LogP contribution in [0, 0.1) is 25.7 Å². The average molecular weight is 464 g/mol. The van der Waals surface area contributed by atoms with Crippen LogP contribution in [0.15, 0.2) is 53.9 Å². The highest BCUT2D eigenvalue weighted by Gasteiger charge is 2.26. The second kappa shape index (κ2) is 12.1. The van der Waals surface area contributed by atoms with Crippen LogP contribution < -0.4 is 4.31 Å². The molecule has 0 aliphatic carbocycles. The van der Waals surface area contributed by atoms with Gasteiger partial charge in [0.2, 0.25) is 0 Å². The highest BCUT2D eigenvalue weighted by atomic mass is 32.2. The highest BCUT2D eigenvalue weighted by molar-refractivity contribution is 7.96. The second-order valence-electron chi connectivity index (χ2n) is 8.64. The summed E-state index contributed by atoms with van der Waals surface area (Å²) in [6, 6.07) is 5.77. The van der Waals surface area contributed by atoms with Crippen molar-refractivity contribution in [2.24, 2.45) is 11.8 Å². The van der Waals surface area contributed by atoms with Gasteiger partial charge in [0.1, 0.15) is 6.26 Å². The standard InChI is InChI=1S/C25H37NO5S/c1-19(2)16-26(25-10-7-20(3)15-21(25)4)32(27,28)22(5)8-9-24(18-29-6)31-17-23-11-13-30-14-12-23/h7-10,15,18-19,23H,5,11-14,16-17H2,1-4,6H3. The summed E-state index contributed by atoms with van der Waals surface area (Å²) >= 11 is 0. The summed E-state index contributed by atoms with van der Waals surface area (Å²) in [6.45, 7) is 14.1. The molecule has 7 heteroatoms. The lowest BCUT2D eigenvalue weighted by Gasteiger charge is -2.28. The average Bonchev–Trinajstić information content (AvgIpc) is 2.74. The molecule has 0 amide bonds. The number of nitrogens with zero attached hydrogens (tertiary/aromatic N) is 1. The van der Waals surface area contributed by atoms with Gasteiger partial charge in [0.15, 0.2) is 5.76 Å². The number of hydrogen-bond acceptors (Lipinski definition) is 5. The third kappa shape index (κ3) is 7.41. The van der Waals surface area contributed by atoms with E-state index in [4.69, 9.17) is 14.2 Å². The van der Waals surface area contributed by atoms with Crippen LogP contribution in [0.25, 0.3) is 0 Å². The maximum Gasteiger partial charge on any atom is 0.263 e. The van der Waals surface area contributed by atoms with Crippen LogP contribution in [0.5, 0.6) is 0 Å². The number of rotatable bonds is 11. The Hall–Kier alpha value is -2.25. The van der Waals surface area contributed by atoms with Crippen molar-refractivity contribution in [3.63, 3.8) is 0 Å². The zero-order valence-electron chi connectivity index (χ0n) is 20.0. The molecule has 0 spiro atoms. The Morgan fingerprint density at radius 3 is 2.53 bits per heavy atom. The lowest BCUT2D eigenvalue weighted by Crippen LogP contribution is -2.35. The van der Waals surface area contributed by atoms with E-state index in [9.17, 15) is 8.42 Å². The largest absolute Gasteiger partial charge is 0.501 e. The number of methoxy groups -OCH3 is 1. The lowest BCUT2D eigenvalue weighted by atomic mass is 10.0. The maximum atomic E-state index is 13.4. The van der Waals surface area contributed by atoms with Gasteiger partial charge in [0.05, 0.1) is 24.3 Å². The molecule has 0 bridgehead atoms. The van der Waals surface area contributed by atoms with Crippen molar-refractivity contribution in [2.75, 3.05) is 37.8 Å². The van der Waals surface area contributed by atoms with Crippen molar-refractivity contribution in [1.29, 1.82) is 0 Å². The molecular formula is C25H37NO5S. The minimum Gasteiger partial charge on any atom is -0.501 e. The van der Waals surface area contributed by atoms with E-state index in [2.05, 4.69) is 6.58 Å². The summed E-state index contributed by atoms with van der Waals surface area (Å²) in [5.74, 6) is 1.02. The summed E-state index contributed by atoms with van der Waals surface area (Å²) in [6.07, 6.45) is 6.43. The molecule has 1 heterocycles. The highest BCUT2D eigenvalue weighted by Crippen LogP contribution is 2.28. The predicted molar refractivity (Wildman–Crippen MR) is 130 cm³/mol. The molecule has 0 aromatic heterocycles. The normalized spacial score (nSPS) is 15.9. The summed E-state index contributed by atoms with van der Waals surface area (Å²) in [7, 11) is -2.29. The third-order valence-electron chi connectivity index (χ3n) is 5.27. The summed E-state index contributed by atoms with van der Waals surface area (Å²) < 4.78 is 44.7. The van der Waals surface area contributed by atoms with E-state index >= 15 is 0 Å². The van der Waals surface area contributed by atoms with Crippen LogP contribution in [-0.2, 0) is 24.2 Å². The van der Waals surface area contributed by atoms with Gasteiger partial charge < -0.3 is 14.2 Å². The van der Waals surface area contributed by atoms with Gasteiger partial charge in [-0.3, -0.25) is 4.31 Å². The summed E-state index contributed by atoms with van der Waals surface area (Å²) in [5, 5.41) is 0. The number of anilines is 1. The molecule has 178 valence electrons. The van der Waals surface area contributed by atoms with Crippen molar-refractivity contribution < 1.29 is 22.6 Å². The first-order valence-electron chi connectivity index (χ1n) is 11.1. The van der Waals surface area contributed by atoms with E-state index in [1.165, 1.54) is 23.8 Å². The van der Waals surface area contributed by atoms with Crippen LogP contribution >= 0.6 is 0 Å². The fraction of sp³-hybridized carbons (Fsp3) is 0.520. The van der Waals surface area contributed by atoms with Crippen LogP contribution in [-0.4, -0.2) is 41.9 Å². The van der Waals surface area contributed by atoms with Gasteiger partial charge in [0, 0.05) is 19.8 Å². The molecule has 0 atom stereocenters. The number of allylic oxidation sites excluding steroid dienone is 2. The maximum absolute atomic E-state index is 13.4. The Labute approximate surface area is 193 Å². The fourth-order valence-corrected chi connectivity index (χ4v) is 4.99. The molecule has 1 aliphatic rings. The van der Waals surface area contributed by atoms with Crippen LogP contribution in [0.4, 0.5) is 5.69 Å². The molecule has 0 radical (unpaired) electrons. The van der Waals surface area contributed by atoms with Gasteiger partial charge in [-0.15, -0.1) is 0 Å². The molecule has 0 unspecified atom stereocenters. The van der Waals surface area contributed by atoms with E-state index < -0.39 is 10.0 Å². The van der Waals surface area contributed by atoms with Crippen molar-refractivity contribution in [2.45, 2.75) is 40.5 Å². The Morgan fingerprint density at radius 2 is 1.94 bits per heavy atom. The smallest absolute Gasteiger partial charge is 0.263 e. The van der Waals surface area contributed by atoms with Crippen molar-refractivity contribution >= 4 is 15.7 Å². The van der Waals surface area contributed by atoms with Gasteiger partial charge in [0.25, 0.3) is 10.0 Å². The van der Waals surface area contributed by atoms with Crippen LogP contribution in [0.3, 0.4) is 0 Å². The van der Waals surface area contributed by atoms with Crippen molar-refractivity contribution in [3.05, 3.63) is 65.0 Å². The quantitative estimate of drug-likeness (QED) is 0.338. The number of aryl methyl sites for hydroxylation is 2. The molecule has 32 heavy (non-hydrogen) atoms. The third-order valence-corrected chi connectivity index (χ3v) is 6.99. The first-order valence-corrected chi connectivity index (χ1v) is 12.5. The second-order valence-corrected chi connectivity index (χ2v) is 10.6. The van der Waals surface area contributed by atoms with E-state index in [0.29, 0.717) is 30.5 Å². The van der Waals surface area contributed by atoms with Crippen LogP contribution in [0.2, 0.25) is 0 Å². The van der Waals surface area contributed by atoms with E-state index in [-0.39, 0.29) is 10.8 Å². The number of hydrogen-bond donors (Lipinski definition) is 0. The van der Waals surface area contributed by atoms with Gasteiger partial charge >= 0.3 is 0 Å². The van der Waals surface area contributed by atoms with E-state index in [0.717, 1.165) is 37.2 Å². The lowest BCUT2D eigenvalue weighted by molar-refractivity contribution is 0.0376. The Morgan fingerprint density at radius 1 is 1.25 bits per heavy atom. The van der Waals surface area contributed by atoms with E-state index in [1.54, 1.807) is 6.08 Å². The van der Waals surface area contributed by atoms with Gasteiger partial charge in [-0.25, -0.2) is 8.42 Å². The monoisotopic (exact) mass is 463 g/mol. The zero-order valence-corrected chi connectivity index (χ0v) is 20.8. The van der Waals surface area contributed by atoms with Crippen molar-refractivity contribution in [1.82, 2.24) is 0 Å². The van der Waals surface area contributed by atoms with E-state index in [1.807, 2.05) is 45.9 Å². The first kappa shape index (κ1) is 26.0. The van der Waals surface area contributed by atoms with Crippen molar-refractivity contribution in [3.8, 4) is 0 Å². The van der Waals surface area contributed by atoms with Gasteiger partial charge in [-0.05, 0) is 62.3 Å². The Balaban J connectivity index is 2.20. The SMILES string of the molecule is C=C(C=CC(=COC)OCC1CCOCC1)S(=O)(=O)N(CC(C)C)c1ccc(C)cc1C. The number of benzene rings is 1. The molecule has 1 aliphatic heterocycles. The molecule has 1 saturated heterocycles. The molecule has 0 N–H and O–H groups in total. The summed E-state index contributed by atoms with van der Waals surface area (Å²) in [4.78, 5) is -0.00482. The first-order chi connectivity index (χ1) is 15.1. The number of sulfonamides is 1. The molecule has 1 aromatic carbocycles. The predicted octanol–water partition coefficient (Wildman–Crippen LogP) is 5.10. The Kier molecular flexibility index (Phi) is 9.84. The minimum atomic E-state index is -3.82. The molecule has 1 fully saturated rings. The molecule has 6 nitrogen and oxygen atoms in total. The summed E-state index contributed by atoms with van der Waals surface area (Å²) in [5.41, 5.74) is 2.66.